The van der Waals surface area contributed by atoms with Gasteiger partial charge in [0, 0.05) is 20.2 Å². The molecule has 2 amide bonds. The summed E-state index contributed by atoms with van der Waals surface area (Å²) in [5, 5.41) is 4.99. The average Bonchev–Trinajstić information content (AvgIpc) is 2.63. The molecule has 8 nitrogen and oxygen atoms in total. The molecule has 10 heteroatoms. The molecule has 0 bridgehead atoms. The SMILES string of the molecule is COCCOC(=O)CC1C(=O)NCCN1C(=S)NC(=O)c1ccccc1F. The third kappa shape index (κ3) is 5.69. The van der Waals surface area contributed by atoms with Crippen LogP contribution in [-0.4, -0.2) is 67.3 Å². The van der Waals surface area contributed by atoms with Crippen LogP contribution in [0.3, 0.4) is 0 Å². The number of hydrogen-bond donors (Lipinski definition) is 2. The lowest BCUT2D eigenvalue weighted by atomic mass is 10.1. The Morgan fingerprint density at radius 2 is 2.11 bits per heavy atom. The summed E-state index contributed by atoms with van der Waals surface area (Å²) < 4.78 is 23.5. The highest BCUT2D eigenvalue weighted by Gasteiger charge is 2.34. The number of benzene rings is 1. The van der Waals surface area contributed by atoms with E-state index < -0.39 is 29.6 Å². The fourth-order valence-electron chi connectivity index (χ4n) is 2.50. The van der Waals surface area contributed by atoms with E-state index in [0.717, 1.165) is 6.07 Å². The molecule has 1 aliphatic rings. The molecule has 0 radical (unpaired) electrons. The maximum Gasteiger partial charge on any atom is 0.308 e. The molecule has 0 aromatic heterocycles. The van der Waals surface area contributed by atoms with Crippen molar-refractivity contribution in [2.24, 2.45) is 0 Å². The Kier molecular flexibility index (Phi) is 7.62. The van der Waals surface area contributed by atoms with Crippen molar-refractivity contribution in [1.29, 1.82) is 0 Å². The van der Waals surface area contributed by atoms with Crippen molar-refractivity contribution in [1.82, 2.24) is 15.5 Å². The van der Waals surface area contributed by atoms with Gasteiger partial charge in [0.25, 0.3) is 5.91 Å². The van der Waals surface area contributed by atoms with Gasteiger partial charge in [-0.15, -0.1) is 0 Å². The van der Waals surface area contributed by atoms with Crippen LogP contribution in [0.15, 0.2) is 24.3 Å². The Labute approximate surface area is 161 Å². The quantitative estimate of drug-likeness (QED) is 0.403. The molecule has 1 fully saturated rings. The van der Waals surface area contributed by atoms with Gasteiger partial charge < -0.3 is 19.7 Å². The first-order valence-electron chi connectivity index (χ1n) is 8.22. The number of methoxy groups -OCH3 is 1. The Bertz CT molecular complexity index is 730. The fourth-order valence-corrected chi connectivity index (χ4v) is 2.81. The summed E-state index contributed by atoms with van der Waals surface area (Å²) in [6.07, 6.45) is -0.245. The Hall–Kier alpha value is -2.59. The summed E-state index contributed by atoms with van der Waals surface area (Å²) in [4.78, 5) is 37.7. The Morgan fingerprint density at radius 1 is 1.37 bits per heavy atom. The first kappa shape index (κ1) is 20.7. The summed E-state index contributed by atoms with van der Waals surface area (Å²) in [5.41, 5.74) is -0.170. The Balaban J connectivity index is 2.03. The first-order chi connectivity index (χ1) is 12.9. The van der Waals surface area contributed by atoms with E-state index in [0.29, 0.717) is 6.54 Å². The number of carbonyl (C=O) groups is 3. The maximum absolute atomic E-state index is 13.7. The van der Waals surface area contributed by atoms with Gasteiger partial charge in [0.15, 0.2) is 5.11 Å². The van der Waals surface area contributed by atoms with Gasteiger partial charge in [0.05, 0.1) is 18.6 Å². The molecular formula is C17H20FN3O5S. The third-order valence-corrected chi connectivity index (χ3v) is 4.18. The second-order valence-electron chi connectivity index (χ2n) is 5.66. The number of amides is 2. The van der Waals surface area contributed by atoms with Gasteiger partial charge in [-0.05, 0) is 24.4 Å². The van der Waals surface area contributed by atoms with Gasteiger partial charge in [-0.2, -0.15) is 0 Å². The molecule has 0 saturated carbocycles. The molecule has 1 aromatic rings. The zero-order chi connectivity index (χ0) is 19.8. The third-order valence-electron chi connectivity index (χ3n) is 3.84. The molecule has 0 aliphatic carbocycles. The highest BCUT2D eigenvalue weighted by molar-refractivity contribution is 7.80. The van der Waals surface area contributed by atoms with Gasteiger partial charge in [0.1, 0.15) is 18.5 Å². The van der Waals surface area contributed by atoms with E-state index in [4.69, 9.17) is 21.7 Å². The zero-order valence-electron chi connectivity index (χ0n) is 14.7. The normalized spacial score (nSPS) is 16.4. The minimum atomic E-state index is -0.929. The van der Waals surface area contributed by atoms with Crippen molar-refractivity contribution in [2.75, 3.05) is 33.4 Å². The van der Waals surface area contributed by atoms with Crippen LogP contribution in [0.25, 0.3) is 0 Å². The smallest absolute Gasteiger partial charge is 0.308 e. The van der Waals surface area contributed by atoms with Gasteiger partial charge in [0.2, 0.25) is 5.91 Å². The lowest BCUT2D eigenvalue weighted by Crippen LogP contribution is -2.60. The fraction of sp³-hybridized carbons (Fsp3) is 0.412. The number of rotatable bonds is 6. The van der Waals surface area contributed by atoms with E-state index in [-0.39, 0.29) is 36.9 Å². The number of piperazine rings is 1. The predicted molar refractivity (Wildman–Crippen MR) is 97.4 cm³/mol. The summed E-state index contributed by atoms with van der Waals surface area (Å²) in [6.45, 7) is 0.892. The van der Waals surface area contributed by atoms with E-state index in [9.17, 15) is 18.8 Å². The number of nitrogens with one attached hydrogen (secondary N) is 2. The van der Waals surface area contributed by atoms with Crippen LogP contribution in [-0.2, 0) is 19.1 Å². The molecule has 1 atom stereocenters. The van der Waals surface area contributed by atoms with Crippen molar-refractivity contribution in [3.63, 3.8) is 0 Å². The van der Waals surface area contributed by atoms with Crippen LogP contribution < -0.4 is 10.6 Å². The molecule has 1 heterocycles. The summed E-state index contributed by atoms with van der Waals surface area (Å²) in [5.74, 6) is -2.42. The molecule has 1 unspecified atom stereocenters. The minimum Gasteiger partial charge on any atom is -0.463 e. The average molecular weight is 397 g/mol. The standard InChI is InChI=1S/C17H20FN3O5S/c1-25-8-9-26-14(22)10-13-16(24)19-6-7-21(13)17(27)20-15(23)11-4-2-3-5-12(11)18/h2-5,13H,6-10H2,1H3,(H,19,24)(H,20,23,27). The van der Waals surface area contributed by atoms with Gasteiger partial charge in [-0.25, -0.2) is 4.39 Å². The molecule has 2 N–H and O–H groups in total. The number of hydrogen-bond acceptors (Lipinski definition) is 6. The first-order valence-corrected chi connectivity index (χ1v) is 8.63. The van der Waals surface area contributed by atoms with Crippen molar-refractivity contribution in [3.05, 3.63) is 35.6 Å². The van der Waals surface area contributed by atoms with Crippen LogP contribution in [0.4, 0.5) is 4.39 Å². The largest absolute Gasteiger partial charge is 0.463 e. The second-order valence-corrected chi connectivity index (χ2v) is 6.04. The van der Waals surface area contributed by atoms with Gasteiger partial charge in [-0.3, -0.25) is 19.7 Å². The lowest BCUT2D eigenvalue weighted by Gasteiger charge is -2.36. The van der Waals surface area contributed by atoms with Crippen LogP contribution in [0, 0.1) is 5.82 Å². The Morgan fingerprint density at radius 3 is 2.81 bits per heavy atom. The van der Waals surface area contributed by atoms with E-state index in [1.54, 1.807) is 0 Å². The van der Waals surface area contributed by atoms with E-state index in [1.807, 2.05) is 0 Å². The van der Waals surface area contributed by atoms with Crippen molar-refractivity contribution < 1.29 is 28.2 Å². The maximum atomic E-state index is 13.7. The van der Waals surface area contributed by atoms with Crippen LogP contribution in [0.1, 0.15) is 16.8 Å². The second kappa shape index (κ2) is 9.93. The highest BCUT2D eigenvalue weighted by Crippen LogP contribution is 2.12. The highest BCUT2D eigenvalue weighted by atomic mass is 32.1. The summed E-state index contributed by atoms with van der Waals surface area (Å²) >= 11 is 5.20. The van der Waals surface area contributed by atoms with Crippen molar-refractivity contribution >= 4 is 35.1 Å². The van der Waals surface area contributed by atoms with Crippen LogP contribution in [0.5, 0.6) is 0 Å². The van der Waals surface area contributed by atoms with E-state index in [1.165, 1.54) is 30.2 Å². The number of thiocarbonyl (C=S) groups is 1. The van der Waals surface area contributed by atoms with E-state index in [2.05, 4.69) is 10.6 Å². The molecule has 27 heavy (non-hydrogen) atoms. The topological polar surface area (TPSA) is 97.0 Å². The molecular weight excluding hydrogens is 377 g/mol. The van der Waals surface area contributed by atoms with E-state index >= 15 is 0 Å². The van der Waals surface area contributed by atoms with Gasteiger partial charge in [-0.1, -0.05) is 12.1 Å². The summed E-state index contributed by atoms with van der Waals surface area (Å²) in [7, 11) is 1.47. The minimum absolute atomic E-state index is 0.0622. The lowest BCUT2D eigenvalue weighted by molar-refractivity contribution is -0.148. The van der Waals surface area contributed by atoms with Crippen molar-refractivity contribution in [2.45, 2.75) is 12.5 Å². The molecule has 1 aromatic carbocycles. The molecule has 1 aliphatic heterocycles. The number of ether oxygens (including phenoxy) is 2. The summed E-state index contributed by atoms with van der Waals surface area (Å²) in [6, 6.07) is 4.53. The number of esters is 1. The molecule has 2 rings (SSSR count). The monoisotopic (exact) mass is 397 g/mol. The van der Waals surface area contributed by atoms with Crippen molar-refractivity contribution in [3.8, 4) is 0 Å². The molecule has 1 saturated heterocycles. The zero-order valence-corrected chi connectivity index (χ0v) is 15.5. The molecule has 0 spiro atoms. The predicted octanol–water partition coefficient (Wildman–Crippen LogP) is 0.221. The van der Waals surface area contributed by atoms with Crippen LogP contribution in [0.2, 0.25) is 0 Å². The molecule has 146 valence electrons. The van der Waals surface area contributed by atoms with Gasteiger partial charge >= 0.3 is 5.97 Å². The van der Waals surface area contributed by atoms with Crippen LogP contribution >= 0.6 is 12.2 Å². The number of halogens is 1. The number of carbonyl (C=O) groups excluding carboxylic acids is 3. The number of nitrogens with zero attached hydrogens (tertiary/aromatic N) is 1.